The van der Waals surface area contributed by atoms with Crippen molar-refractivity contribution in [1.82, 2.24) is 30.0 Å². The molecule has 6 nitrogen and oxygen atoms in total. The van der Waals surface area contributed by atoms with E-state index in [0.29, 0.717) is 10.0 Å². The Kier molecular flexibility index (Phi) is 8.01. The van der Waals surface area contributed by atoms with Gasteiger partial charge in [0.1, 0.15) is 0 Å². The van der Waals surface area contributed by atoms with E-state index in [0.717, 1.165) is 60.9 Å². The molecule has 3 aromatic carbocycles. The summed E-state index contributed by atoms with van der Waals surface area (Å²) in [5.41, 5.74) is 5.50. The van der Waals surface area contributed by atoms with Crippen molar-refractivity contribution < 1.29 is 0 Å². The number of hydrogen-bond donors (Lipinski definition) is 0. The van der Waals surface area contributed by atoms with E-state index >= 15 is 0 Å². The van der Waals surface area contributed by atoms with Crippen LogP contribution >= 0.6 is 23.2 Å². The molecule has 0 aliphatic carbocycles. The lowest BCUT2D eigenvalue weighted by atomic mass is 10.0. The van der Waals surface area contributed by atoms with Gasteiger partial charge in [0.05, 0.1) is 21.8 Å². The Balaban J connectivity index is 1.41. The van der Waals surface area contributed by atoms with Crippen molar-refractivity contribution in [3.05, 3.63) is 111 Å². The zero-order chi connectivity index (χ0) is 25.8. The summed E-state index contributed by atoms with van der Waals surface area (Å²) < 4.78 is 1.88. The van der Waals surface area contributed by atoms with Gasteiger partial charge in [-0.05, 0) is 58.7 Å². The van der Waals surface area contributed by atoms with Gasteiger partial charge in [-0.25, -0.2) is 0 Å². The lowest BCUT2D eigenvalue weighted by Crippen LogP contribution is -2.48. The zero-order valence-electron chi connectivity index (χ0n) is 21.1. The Morgan fingerprint density at radius 3 is 2.30 bits per heavy atom. The second-order valence-electron chi connectivity index (χ2n) is 9.42. The molecule has 1 fully saturated rings. The molecule has 0 radical (unpaired) electrons. The van der Waals surface area contributed by atoms with Crippen molar-refractivity contribution in [3.63, 3.8) is 0 Å². The van der Waals surface area contributed by atoms with E-state index in [4.69, 9.17) is 23.2 Å². The van der Waals surface area contributed by atoms with Crippen LogP contribution in [0.25, 0.3) is 11.8 Å². The van der Waals surface area contributed by atoms with Crippen LogP contribution in [0.1, 0.15) is 34.1 Å². The second kappa shape index (κ2) is 11.6. The van der Waals surface area contributed by atoms with Gasteiger partial charge >= 0.3 is 0 Å². The Bertz CT molecular complexity index is 1360. The van der Waals surface area contributed by atoms with E-state index in [1.807, 2.05) is 28.9 Å². The quantitative estimate of drug-likeness (QED) is 0.292. The summed E-state index contributed by atoms with van der Waals surface area (Å²) >= 11 is 12.7. The number of piperazine rings is 1. The highest BCUT2D eigenvalue weighted by molar-refractivity contribution is 6.42. The molecule has 1 aromatic heterocycles. The van der Waals surface area contributed by atoms with E-state index in [2.05, 4.69) is 93.8 Å². The van der Waals surface area contributed by atoms with Crippen molar-refractivity contribution in [2.75, 3.05) is 32.7 Å². The molecule has 0 bridgehead atoms. The maximum absolute atomic E-state index is 6.47. The molecule has 2 heterocycles. The minimum absolute atomic E-state index is 0.161. The number of aryl methyl sites for hydroxylation is 2. The fourth-order valence-electron chi connectivity index (χ4n) is 4.98. The van der Waals surface area contributed by atoms with Crippen LogP contribution in [0.3, 0.4) is 0 Å². The smallest absolute Gasteiger partial charge is 0.178 e. The molecule has 190 valence electrons. The third-order valence-electron chi connectivity index (χ3n) is 6.89. The summed E-state index contributed by atoms with van der Waals surface area (Å²) in [4.78, 5) is 4.91. The molecular formula is C29H30Cl2N6. The molecule has 1 aliphatic rings. The van der Waals surface area contributed by atoms with E-state index in [1.165, 1.54) is 5.56 Å². The van der Waals surface area contributed by atoms with Gasteiger partial charge in [0.2, 0.25) is 0 Å². The zero-order valence-corrected chi connectivity index (χ0v) is 22.6. The topological polar surface area (TPSA) is 50.1 Å². The van der Waals surface area contributed by atoms with Gasteiger partial charge in [0, 0.05) is 32.7 Å². The van der Waals surface area contributed by atoms with Gasteiger partial charge in [-0.2, -0.15) is 4.68 Å². The Hall–Kier alpha value is -3.03. The van der Waals surface area contributed by atoms with Crippen LogP contribution in [0.4, 0.5) is 0 Å². The summed E-state index contributed by atoms with van der Waals surface area (Å²) in [5, 5.41) is 14.1. The first-order chi connectivity index (χ1) is 18.0. The predicted molar refractivity (Wildman–Crippen MR) is 150 cm³/mol. The van der Waals surface area contributed by atoms with Crippen molar-refractivity contribution in [2.24, 2.45) is 0 Å². The summed E-state index contributed by atoms with van der Waals surface area (Å²) in [7, 11) is 0. The maximum atomic E-state index is 6.47. The van der Waals surface area contributed by atoms with Gasteiger partial charge in [0.15, 0.2) is 5.82 Å². The van der Waals surface area contributed by atoms with Crippen LogP contribution in [-0.2, 0) is 0 Å². The average Bonchev–Trinajstić information content (AvgIpc) is 3.36. The van der Waals surface area contributed by atoms with E-state index in [-0.39, 0.29) is 6.04 Å². The van der Waals surface area contributed by atoms with Crippen LogP contribution < -0.4 is 0 Å². The molecule has 1 aliphatic heterocycles. The van der Waals surface area contributed by atoms with E-state index in [9.17, 15) is 0 Å². The summed E-state index contributed by atoms with van der Waals surface area (Å²) in [6, 6.07) is 22.3. The van der Waals surface area contributed by atoms with E-state index < -0.39 is 0 Å². The molecule has 5 rings (SSSR count). The second-order valence-corrected chi connectivity index (χ2v) is 10.2. The number of benzene rings is 3. The maximum Gasteiger partial charge on any atom is 0.178 e. The highest BCUT2D eigenvalue weighted by Crippen LogP contribution is 2.34. The first-order valence-corrected chi connectivity index (χ1v) is 13.2. The van der Waals surface area contributed by atoms with E-state index in [1.54, 1.807) is 0 Å². The fourth-order valence-corrected chi connectivity index (χ4v) is 5.28. The minimum Gasteiger partial charge on any atom is -0.297 e. The number of rotatable bonds is 7. The Labute approximate surface area is 228 Å². The van der Waals surface area contributed by atoms with Crippen LogP contribution in [-0.4, -0.2) is 62.7 Å². The average molecular weight is 534 g/mol. The van der Waals surface area contributed by atoms with Crippen LogP contribution in [0.2, 0.25) is 10.0 Å². The molecular weight excluding hydrogens is 503 g/mol. The largest absolute Gasteiger partial charge is 0.297 e. The molecule has 4 aromatic rings. The highest BCUT2D eigenvalue weighted by Gasteiger charge is 2.31. The summed E-state index contributed by atoms with van der Waals surface area (Å²) in [5.74, 6) is 0.771. The van der Waals surface area contributed by atoms with Crippen LogP contribution in [0, 0.1) is 13.8 Å². The van der Waals surface area contributed by atoms with Crippen molar-refractivity contribution in [1.29, 1.82) is 0 Å². The van der Waals surface area contributed by atoms with Gasteiger partial charge in [-0.3, -0.25) is 9.80 Å². The number of tetrazole rings is 1. The van der Waals surface area contributed by atoms with Crippen LogP contribution in [0.15, 0.2) is 72.8 Å². The van der Waals surface area contributed by atoms with Gasteiger partial charge < -0.3 is 0 Å². The highest BCUT2D eigenvalue weighted by atomic mass is 35.5. The van der Waals surface area contributed by atoms with Gasteiger partial charge in [-0.1, -0.05) is 90.0 Å². The SMILES string of the molecule is Cc1cccc(C)c1-n1nnnc1[C@H](c1ccc(Cl)c(Cl)c1)N1CCN(C/C=C/c2ccccc2)CC1. The third-order valence-corrected chi connectivity index (χ3v) is 7.63. The molecule has 0 saturated carbocycles. The molecule has 0 unspecified atom stereocenters. The molecule has 0 amide bonds. The number of nitrogens with zero attached hydrogens (tertiary/aromatic N) is 6. The lowest BCUT2D eigenvalue weighted by Gasteiger charge is -2.38. The Morgan fingerprint density at radius 1 is 0.865 bits per heavy atom. The molecule has 8 heteroatoms. The first-order valence-electron chi connectivity index (χ1n) is 12.5. The molecule has 0 N–H and O–H groups in total. The fraction of sp³-hybridized carbons (Fsp3) is 0.276. The third kappa shape index (κ3) is 5.78. The summed E-state index contributed by atoms with van der Waals surface area (Å²) in [6.07, 6.45) is 4.42. The molecule has 37 heavy (non-hydrogen) atoms. The van der Waals surface area contributed by atoms with Gasteiger partial charge in [0.25, 0.3) is 0 Å². The van der Waals surface area contributed by atoms with Crippen molar-refractivity contribution in [3.8, 4) is 5.69 Å². The number of aromatic nitrogens is 4. The monoisotopic (exact) mass is 532 g/mol. The normalized spacial score (nSPS) is 15.9. The standard InChI is InChI=1S/C29H30Cl2N6/c1-21-8-6-9-22(2)27(21)37-29(32-33-34-37)28(24-13-14-25(30)26(31)20-24)36-18-16-35(17-19-36)15-7-12-23-10-4-3-5-11-23/h3-14,20,28H,15-19H2,1-2H3/b12-7+/t28-/m0/s1. The van der Waals surface area contributed by atoms with Crippen LogP contribution in [0.5, 0.6) is 0 Å². The summed E-state index contributed by atoms with van der Waals surface area (Å²) in [6.45, 7) is 8.74. The number of hydrogen-bond acceptors (Lipinski definition) is 5. The van der Waals surface area contributed by atoms with Crippen molar-refractivity contribution in [2.45, 2.75) is 19.9 Å². The molecule has 1 atom stereocenters. The van der Waals surface area contributed by atoms with Crippen molar-refractivity contribution >= 4 is 29.3 Å². The predicted octanol–water partition coefficient (Wildman–Crippen LogP) is 6.01. The lowest BCUT2D eigenvalue weighted by molar-refractivity contribution is 0.113. The minimum atomic E-state index is -0.161. The molecule has 1 saturated heterocycles. The number of halogens is 2. The molecule has 0 spiro atoms. The Morgan fingerprint density at radius 2 is 1.59 bits per heavy atom. The first kappa shape index (κ1) is 25.6. The van der Waals surface area contributed by atoms with Gasteiger partial charge in [-0.15, -0.1) is 5.10 Å². The number of para-hydroxylation sites is 1.